The Morgan fingerprint density at radius 1 is 0.849 bits per heavy atom. The largest absolute Gasteiger partial charge is 0.478 e. The average Bonchev–Trinajstić information content (AvgIpc) is 3.36. The van der Waals surface area contributed by atoms with Crippen LogP contribution in [0.15, 0.2) is 47.4 Å². The lowest BCUT2D eigenvalue weighted by atomic mass is 9.76. The van der Waals surface area contributed by atoms with Crippen molar-refractivity contribution in [2.24, 2.45) is 12.5 Å². The number of ketones is 1. The highest BCUT2D eigenvalue weighted by atomic mass is 32.2. The number of carbonyl (C=O) groups excluding carboxylic acids is 3. The molecule has 1 aliphatic rings. The molecule has 1 aromatic heterocycles. The van der Waals surface area contributed by atoms with E-state index < -0.39 is 28.9 Å². The van der Waals surface area contributed by atoms with Crippen LogP contribution in [0.1, 0.15) is 150 Å². The molecule has 4 N–H and O–H groups in total. The van der Waals surface area contributed by atoms with E-state index in [4.69, 9.17) is 0 Å². The first-order valence-corrected chi connectivity index (χ1v) is 19.8. The molecule has 0 saturated carbocycles. The van der Waals surface area contributed by atoms with Gasteiger partial charge in [0, 0.05) is 46.7 Å². The van der Waals surface area contributed by atoms with Crippen molar-refractivity contribution in [3.8, 4) is 0 Å². The number of nitrogens with zero attached hydrogens (tertiary/aromatic N) is 1. The monoisotopic (exact) mass is 745 g/mol. The van der Waals surface area contributed by atoms with Crippen LogP contribution >= 0.6 is 11.8 Å². The first-order valence-electron chi connectivity index (χ1n) is 18.9. The summed E-state index contributed by atoms with van der Waals surface area (Å²) in [7, 11) is 1.93. The van der Waals surface area contributed by atoms with Crippen LogP contribution in [0, 0.1) is 12.3 Å². The topological polar surface area (TPSA) is 155 Å². The van der Waals surface area contributed by atoms with Gasteiger partial charge in [0.15, 0.2) is 11.0 Å². The summed E-state index contributed by atoms with van der Waals surface area (Å²) < 4.78 is 2.03. The number of anilines is 1. The molecule has 0 spiro atoms. The van der Waals surface area contributed by atoms with Crippen LogP contribution in [0.4, 0.5) is 5.69 Å². The van der Waals surface area contributed by atoms with E-state index in [-0.39, 0.29) is 28.1 Å². The van der Waals surface area contributed by atoms with Crippen LogP contribution in [-0.2, 0) is 24.7 Å². The van der Waals surface area contributed by atoms with Crippen LogP contribution in [0.2, 0.25) is 0 Å². The highest BCUT2D eigenvalue weighted by Gasteiger charge is 2.37. The fourth-order valence-corrected chi connectivity index (χ4v) is 8.05. The van der Waals surface area contributed by atoms with Crippen LogP contribution < -0.4 is 10.6 Å². The summed E-state index contributed by atoms with van der Waals surface area (Å²) in [4.78, 5) is 65.9. The number of fused-ring (bicyclic) bond motifs is 1. The molecule has 1 unspecified atom stereocenters. The fraction of sp³-hybridized carbons (Fsp3) is 0.500. The molecule has 3 aromatic rings. The van der Waals surface area contributed by atoms with Crippen LogP contribution in [0.25, 0.3) is 0 Å². The Hall–Kier alpha value is -4.38. The second-order valence-corrected chi connectivity index (χ2v) is 16.2. The van der Waals surface area contributed by atoms with Gasteiger partial charge in [-0.1, -0.05) is 84.6 Å². The number of unbranched alkanes of at least 4 members (excludes halogenated alkanes) is 9. The molecule has 1 aliphatic carbocycles. The van der Waals surface area contributed by atoms with E-state index in [0.717, 1.165) is 79.0 Å². The van der Waals surface area contributed by atoms with Crippen molar-refractivity contribution in [2.75, 3.05) is 11.9 Å². The summed E-state index contributed by atoms with van der Waals surface area (Å²) in [6.45, 7) is 9.04. The Bertz CT molecular complexity index is 1780. The average molecular weight is 746 g/mol. The first-order chi connectivity index (χ1) is 25.2. The number of rotatable bonds is 20. The van der Waals surface area contributed by atoms with Crippen LogP contribution in [0.5, 0.6) is 0 Å². The fourth-order valence-electron chi connectivity index (χ4n) is 7.04. The summed E-state index contributed by atoms with van der Waals surface area (Å²) in [5.74, 6) is -4.10. The van der Waals surface area contributed by atoms with E-state index in [0.29, 0.717) is 29.0 Å². The van der Waals surface area contributed by atoms with Gasteiger partial charge in [-0.05, 0) is 80.0 Å². The third-order valence-corrected chi connectivity index (χ3v) is 11.4. The highest BCUT2D eigenvalue weighted by Crippen LogP contribution is 2.40. The molecule has 0 bridgehead atoms. The minimum absolute atomic E-state index is 0.0561. The van der Waals surface area contributed by atoms with Crippen molar-refractivity contribution in [1.29, 1.82) is 0 Å². The Morgan fingerprint density at radius 2 is 1.45 bits per heavy atom. The van der Waals surface area contributed by atoms with Crippen LogP contribution in [0.3, 0.4) is 0 Å². The molecule has 286 valence electrons. The lowest BCUT2D eigenvalue weighted by molar-refractivity contribution is -0.115. The molecule has 53 heavy (non-hydrogen) atoms. The number of aromatic nitrogens is 1. The molecule has 4 rings (SSSR count). The maximum absolute atomic E-state index is 14.6. The zero-order valence-electron chi connectivity index (χ0n) is 31.8. The third-order valence-electron chi connectivity index (χ3n) is 10.2. The van der Waals surface area contributed by atoms with Gasteiger partial charge in [0.2, 0.25) is 5.91 Å². The van der Waals surface area contributed by atoms with Gasteiger partial charge < -0.3 is 25.4 Å². The number of carbonyl (C=O) groups is 5. The number of carboxylic acids is 2. The maximum atomic E-state index is 14.6. The van der Waals surface area contributed by atoms with Crippen molar-refractivity contribution in [3.63, 3.8) is 0 Å². The summed E-state index contributed by atoms with van der Waals surface area (Å²) in [6, 6.07) is 10.1. The van der Waals surface area contributed by atoms with Crippen molar-refractivity contribution in [3.05, 3.63) is 81.7 Å². The van der Waals surface area contributed by atoms with E-state index in [9.17, 15) is 34.2 Å². The van der Waals surface area contributed by atoms with E-state index in [1.807, 2.05) is 18.5 Å². The van der Waals surface area contributed by atoms with Gasteiger partial charge >= 0.3 is 11.9 Å². The Labute approximate surface area is 317 Å². The summed E-state index contributed by atoms with van der Waals surface area (Å²) in [5, 5.41) is 23.5. The van der Waals surface area contributed by atoms with E-state index in [1.165, 1.54) is 44.9 Å². The van der Waals surface area contributed by atoms with E-state index >= 15 is 0 Å². The summed E-state index contributed by atoms with van der Waals surface area (Å²) >= 11 is 1.00. The normalized spacial score (nSPS) is 13.9. The number of benzene rings is 2. The Morgan fingerprint density at radius 3 is 2.06 bits per heavy atom. The number of hydrogen-bond donors (Lipinski definition) is 4. The standard InChI is InChI=1S/C42H55N3O7S/c1-6-7-8-9-10-11-12-13-14-15-21-43-38(47)28-17-16-18-32(25-28)53-37(39(48)44-31-23-29(40(49)50)22-30(24-31)41(51)52)36(46)35-27(2)45(5)34-26-42(3,4)20-19-33(34)35/h16-18,22-25,37H,6-15,19-21,26H2,1-5H3,(H,43,47)(H,44,48)(H,49,50)(H,51,52). The van der Waals surface area contributed by atoms with E-state index in [2.05, 4.69) is 31.4 Å². The summed E-state index contributed by atoms with van der Waals surface area (Å²) in [5.41, 5.74) is 3.00. The quantitative estimate of drug-likeness (QED) is 0.0387. The second-order valence-electron chi connectivity index (χ2n) is 15.0. The molecular weight excluding hydrogens is 691 g/mol. The summed E-state index contributed by atoms with van der Waals surface area (Å²) in [6.07, 6.45) is 14.4. The number of hydrogen-bond acceptors (Lipinski definition) is 6. The maximum Gasteiger partial charge on any atom is 0.335 e. The number of aromatic carboxylic acids is 2. The van der Waals surface area contributed by atoms with E-state index in [1.54, 1.807) is 24.3 Å². The SMILES string of the molecule is CCCCCCCCCCCCNC(=O)c1cccc(SC(C(=O)Nc2cc(C(=O)O)cc(C(=O)O)c2)C(=O)c2c3c(n(C)c2C)CC(C)(C)CC3)c1. The zero-order valence-corrected chi connectivity index (χ0v) is 32.6. The number of carboxylic acid groups (broad SMARTS) is 2. The molecule has 0 saturated heterocycles. The van der Waals surface area contributed by atoms with Gasteiger partial charge in [-0.3, -0.25) is 14.4 Å². The first kappa shape index (κ1) is 41.4. The lowest BCUT2D eigenvalue weighted by Gasteiger charge is -2.30. The van der Waals surface area contributed by atoms with Crippen molar-refractivity contribution < 1.29 is 34.2 Å². The van der Waals surface area contributed by atoms with Crippen LogP contribution in [-0.4, -0.2) is 56.1 Å². The number of Topliss-reactive ketones (excluding diaryl/α,β-unsaturated/α-hetero) is 1. The highest BCUT2D eigenvalue weighted by molar-refractivity contribution is 8.01. The van der Waals surface area contributed by atoms with Gasteiger partial charge in [-0.2, -0.15) is 0 Å². The van der Waals surface area contributed by atoms with Gasteiger partial charge in [0.05, 0.1) is 11.1 Å². The number of amides is 2. The molecule has 2 amide bonds. The molecule has 1 heterocycles. The molecule has 0 aliphatic heterocycles. The Kier molecular flexibility index (Phi) is 14.9. The van der Waals surface area contributed by atoms with Gasteiger partial charge in [-0.15, -0.1) is 11.8 Å². The molecule has 0 radical (unpaired) electrons. The molecule has 2 aromatic carbocycles. The van der Waals surface area contributed by atoms with Crippen molar-refractivity contribution in [2.45, 2.75) is 121 Å². The molecule has 1 atom stereocenters. The minimum Gasteiger partial charge on any atom is -0.478 e. The smallest absolute Gasteiger partial charge is 0.335 e. The third kappa shape index (κ3) is 11.3. The molecule has 0 fully saturated rings. The van der Waals surface area contributed by atoms with Gasteiger partial charge in [0.1, 0.15) is 0 Å². The van der Waals surface area contributed by atoms with Crippen molar-refractivity contribution >= 4 is 47.0 Å². The predicted molar refractivity (Wildman–Crippen MR) is 210 cm³/mol. The predicted octanol–water partition coefficient (Wildman–Crippen LogP) is 8.88. The molecule has 11 heteroatoms. The minimum atomic E-state index is -1.36. The number of thioether (sulfide) groups is 1. The molecule has 10 nitrogen and oxygen atoms in total. The molecular formula is C42H55N3O7S. The Balaban J connectivity index is 1.52. The zero-order chi connectivity index (χ0) is 38.7. The number of nitrogens with one attached hydrogen (secondary N) is 2. The van der Waals surface area contributed by atoms with Gasteiger partial charge in [0.25, 0.3) is 5.91 Å². The van der Waals surface area contributed by atoms with Gasteiger partial charge in [-0.25, -0.2) is 9.59 Å². The van der Waals surface area contributed by atoms with Crippen molar-refractivity contribution in [1.82, 2.24) is 9.88 Å². The lowest BCUT2D eigenvalue weighted by Crippen LogP contribution is -2.34. The second kappa shape index (κ2) is 19.1.